The zero-order chi connectivity index (χ0) is 25.3. The summed E-state index contributed by atoms with van der Waals surface area (Å²) >= 11 is 0. The lowest BCUT2D eigenvalue weighted by atomic mass is 9.96. The Bertz CT molecular complexity index is 1410. The van der Waals surface area contributed by atoms with E-state index < -0.39 is 36.2 Å². The van der Waals surface area contributed by atoms with Crippen LogP contribution in [-0.2, 0) is 36.0 Å². The smallest absolute Gasteiger partial charge is 0.344 e. The molecule has 0 amide bonds. The summed E-state index contributed by atoms with van der Waals surface area (Å²) in [6.07, 6.45) is 4.08. The molecule has 0 radical (unpaired) electrons. The molecule has 1 aliphatic carbocycles. The maximum atomic E-state index is 12.7. The van der Waals surface area contributed by atoms with Gasteiger partial charge in [-0.05, 0) is 43.4 Å². The number of ether oxygens (including phenoxy) is 2. The summed E-state index contributed by atoms with van der Waals surface area (Å²) in [6, 6.07) is 5.35. The number of aromatic nitrogens is 2. The van der Waals surface area contributed by atoms with Crippen molar-refractivity contribution in [2.75, 3.05) is 18.9 Å². The lowest BCUT2D eigenvalue weighted by Crippen LogP contribution is -2.43. The number of carbonyl (C=O) groups excluding carboxylic acids is 2. The average molecular weight is 484 g/mol. The number of furan rings is 1. The molecule has 3 aromatic rings. The summed E-state index contributed by atoms with van der Waals surface area (Å²) in [7, 11) is 1.27. The van der Waals surface area contributed by atoms with Crippen molar-refractivity contribution in [1.29, 1.82) is 0 Å². The van der Waals surface area contributed by atoms with Crippen molar-refractivity contribution >= 4 is 28.5 Å². The van der Waals surface area contributed by atoms with Crippen LogP contribution in [0.3, 0.4) is 0 Å². The Morgan fingerprint density at radius 1 is 1.14 bits per heavy atom. The maximum absolute atomic E-state index is 12.7. The number of anilines is 1. The number of Topliss-reactive ketones (excluding diaryl/α,β-unsaturated/α-hetero) is 1. The van der Waals surface area contributed by atoms with Crippen LogP contribution in [0.2, 0.25) is 0 Å². The van der Waals surface area contributed by atoms with Gasteiger partial charge in [0.05, 0.1) is 0 Å². The Kier molecular flexibility index (Phi) is 6.81. The van der Waals surface area contributed by atoms with Crippen molar-refractivity contribution < 1.29 is 23.5 Å². The first-order valence-electron chi connectivity index (χ1n) is 11.6. The number of esters is 1. The van der Waals surface area contributed by atoms with Crippen molar-refractivity contribution in [1.82, 2.24) is 9.13 Å². The fourth-order valence-corrected chi connectivity index (χ4v) is 4.32. The van der Waals surface area contributed by atoms with E-state index in [1.165, 1.54) is 17.2 Å². The van der Waals surface area contributed by atoms with E-state index in [4.69, 9.17) is 19.6 Å². The molecule has 35 heavy (non-hydrogen) atoms. The molecule has 0 unspecified atom stereocenters. The Hall–Kier alpha value is -3.82. The zero-order valence-electron chi connectivity index (χ0n) is 20.1. The SMILES string of the molecule is CC(C)Cn1c(N)c(C(=O)COC(=O)COc2ccc3oc4c(c3c2)CCCC4)c(=O)n(C)c1=O. The maximum Gasteiger partial charge on any atom is 0.344 e. The lowest BCUT2D eigenvalue weighted by Gasteiger charge is -2.16. The fourth-order valence-electron chi connectivity index (χ4n) is 4.32. The Labute approximate surface area is 201 Å². The van der Waals surface area contributed by atoms with Crippen LogP contribution >= 0.6 is 0 Å². The molecule has 10 heteroatoms. The molecule has 0 bridgehead atoms. The first-order valence-corrected chi connectivity index (χ1v) is 11.6. The molecule has 4 rings (SSSR count). The van der Waals surface area contributed by atoms with Gasteiger partial charge in [-0.2, -0.15) is 0 Å². The summed E-state index contributed by atoms with van der Waals surface area (Å²) in [5.74, 6) is -0.266. The number of benzene rings is 1. The molecular weight excluding hydrogens is 454 g/mol. The summed E-state index contributed by atoms with van der Waals surface area (Å²) in [4.78, 5) is 49.8. The number of nitrogens with zero attached hydrogens (tertiary/aromatic N) is 2. The predicted octanol–water partition coefficient (Wildman–Crippen LogP) is 2.22. The molecule has 186 valence electrons. The first kappa shape index (κ1) is 24.3. The standard InChI is InChI=1S/C25H29N3O7/c1-14(2)11-28-23(26)22(24(31)27(3)25(28)32)18(29)12-34-21(30)13-33-15-8-9-20-17(10-15)16-6-4-5-7-19(16)35-20/h8-10,14H,4-7,11-13,26H2,1-3H3. The molecule has 2 aromatic heterocycles. The summed E-state index contributed by atoms with van der Waals surface area (Å²) in [6.45, 7) is 2.87. The number of hydrogen-bond donors (Lipinski definition) is 1. The topological polar surface area (TPSA) is 136 Å². The van der Waals surface area contributed by atoms with E-state index in [1.807, 2.05) is 26.0 Å². The number of aryl methyl sites for hydroxylation is 2. The normalized spacial score (nSPS) is 13.1. The van der Waals surface area contributed by atoms with Crippen LogP contribution in [0.15, 0.2) is 32.2 Å². The van der Waals surface area contributed by atoms with Crippen LogP contribution in [0.1, 0.15) is 48.4 Å². The second-order valence-corrected chi connectivity index (χ2v) is 9.15. The van der Waals surface area contributed by atoms with Gasteiger partial charge in [-0.3, -0.25) is 18.7 Å². The van der Waals surface area contributed by atoms with Gasteiger partial charge in [0.1, 0.15) is 28.5 Å². The van der Waals surface area contributed by atoms with Crippen LogP contribution < -0.4 is 21.7 Å². The van der Waals surface area contributed by atoms with Gasteiger partial charge in [-0.1, -0.05) is 13.8 Å². The summed E-state index contributed by atoms with van der Waals surface area (Å²) in [5.41, 5.74) is 6.13. The van der Waals surface area contributed by atoms with Gasteiger partial charge in [-0.15, -0.1) is 0 Å². The molecule has 1 aliphatic rings. The highest BCUT2D eigenvalue weighted by molar-refractivity contribution is 6.01. The minimum atomic E-state index is -0.832. The molecule has 2 N–H and O–H groups in total. The average Bonchev–Trinajstić information content (AvgIpc) is 3.20. The van der Waals surface area contributed by atoms with E-state index in [1.54, 1.807) is 6.07 Å². The molecule has 0 atom stereocenters. The third-order valence-corrected chi connectivity index (χ3v) is 6.06. The van der Waals surface area contributed by atoms with Gasteiger partial charge < -0.3 is 19.6 Å². The van der Waals surface area contributed by atoms with E-state index in [2.05, 4.69) is 0 Å². The fraction of sp³-hybridized carbons (Fsp3) is 0.440. The Morgan fingerprint density at radius 2 is 1.89 bits per heavy atom. The third kappa shape index (κ3) is 4.87. The van der Waals surface area contributed by atoms with E-state index in [-0.39, 0.29) is 23.8 Å². The lowest BCUT2D eigenvalue weighted by molar-refractivity contribution is -0.144. The van der Waals surface area contributed by atoms with Gasteiger partial charge in [0, 0.05) is 31.0 Å². The van der Waals surface area contributed by atoms with Crippen LogP contribution in [0, 0.1) is 5.92 Å². The monoisotopic (exact) mass is 483 g/mol. The quantitative estimate of drug-likeness (QED) is 0.380. The highest BCUT2D eigenvalue weighted by atomic mass is 16.6. The van der Waals surface area contributed by atoms with Crippen molar-refractivity contribution in [2.24, 2.45) is 13.0 Å². The second-order valence-electron chi connectivity index (χ2n) is 9.15. The highest BCUT2D eigenvalue weighted by Crippen LogP contribution is 2.33. The number of fused-ring (bicyclic) bond motifs is 3. The molecule has 0 saturated carbocycles. The second kappa shape index (κ2) is 9.81. The Balaban J connectivity index is 1.41. The van der Waals surface area contributed by atoms with E-state index in [0.29, 0.717) is 5.75 Å². The van der Waals surface area contributed by atoms with E-state index >= 15 is 0 Å². The number of carbonyl (C=O) groups is 2. The summed E-state index contributed by atoms with van der Waals surface area (Å²) < 4.78 is 18.5. The molecule has 0 spiro atoms. The number of ketones is 1. The molecule has 10 nitrogen and oxygen atoms in total. The van der Waals surface area contributed by atoms with Gasteiger partial charge in [-0.25, -0.2) is 9.59 Å². The number of rotatable bonds is 8. The zero-order valence-corrected chi connectivity index (χ0v) is 20.1. The molecule has 0 fully saturated rings. The molecule has 0 saturated heterocycles. The predicted molar refractivity (Wildman–Crippen MR) is 129 cm³/mol. The van der Waals surface area contributed by atoms with Gasteiger partial charge in [0.15, 0.2) is 13.2 Å². The minimum Gasteiger partial charge on any atom is -0.482 e. The van der Waals surface area contributed by atoms with E-state index in [9.17, 15) is 19.2 Å². The molecule has 1 aromatic carbocycles. The van der Waals surface area contributed by atoms with Crippen LogP contribution in [0.25, 0.3) is 11.0 Å². The van der Waals surface area contributed by atoms with Crippen molar-refractivity contribution in [3.63, 3.8) is 0 Å². The third-order valence-electron chi connectivity index (χ3n) is 6.06. The van der Waals surface area contributed by atoms with Crippen molar-refractivity contribution in [3.05, 3.63) is 55.9 Å². The molecule has 2 heterocycles. The van der Waals surface area contributed by atoms with Gasteiger partial charge in [0.25, 0.3) is 5.56 Å². The van der Waals surface area contributed by atoms with Gasteiger partial charge in [0.2, 0.25) is 5.78 Å². The minimum absolute atomic E-state index is 0.0530. The summed E-state index contributed by atoms with van der Waals surface area (Å²) in [5, 5.41) is 0.976. The number of nitrogens with two attached hydrogens (primary N) is 1. The van der Waals surface area contributed by atoms with Crippen molar-refractivity contribution in [2.45, 2.75) is 46.1 Å². The van der Waals surface area contributed by atoms with Crippen LogP contribution in [0.5, 0.6) is 5.75 Å². The van der Waals surface area contributed by atoms with Crippen molar-refractivity contribution in [3.8, 4) is 5.75 Å². The number of nitrogen functional groups attached to an aromatic ring is 1. The van der Waals surface area contributed by atoms with Gasteiger partial charge >= 0.3 is 11.7 Å². The molecule has 0 aliphatic heterocycles. The largest absolute Gasteiger partial charge is 0.482 e. The number of hydrogen-bond acceptors (Lipinski definition) is 8. The first-order chi connectivity index (χ1) is 16.7. The Morgan fingerprint density at radius 3 is 2.63 bits per heavy atom. The van der Waals surface area contributed by atoms with Crippen LogP contribution in [0.4, 0.5) is 5.82 Å². The van der Waals surface area contributed by atoms with E-state index in [0.717, 1.165) is 47.0 Å². The molecular formula is C25H29N3O7. The van der Waals surface area contributed by atoms with Crippen LogP contribution in [-0.4, -0.2) is 34.1 Å². The highest BCUT2D eigenvalue weighted by Gasteiger charge is 2.23.